The van der Waals surface area contributed by atoms with E-state index in [0.29, 0.717) is 35.9 Å². The number of hydrogen-bond donors (Lipinski definition) is 2. The molecule has 1 amide bonds. The summed E-state index contributed by atoms with van der Waals surface area (Å²) in [7, 11) is -0.813. The van der Waals surface area contributed by atoms with Gasteiger partial charge in [0.05, 0.1) is 11.4 Å². The second-order valence-corrected chi connectivity index (χ2v) is 6.97. The zero-order valence-electron chi connectivity index (χ0n) is 12.2. The van der Waals surface area contributed by atoms with E-state index in [-0.39, 0.29) is 5.91 Å². The summed E-state index contributed by atoms with van der Waals surface area (Å²) in [5.74, 6) is 1.81. The molecule has 0 saturated carbocycles. The number of rotatable bonds is 8. The summed E-state index contributed by atoms with van der Waals surface area (Å²) < 4.78 is 11.7. The second-order valence-electron chi connectivity index (χ2n) is 5.27. The van der Waals surface area contributed by atoms with Gasteiger partial charge in [-0.25, -0.2) is 0 Å². The van der Waals surface area contributed by atoms with E-state index in [1.807, 2.05) is 12.1 Å². The third-order valence-electron chi connectivity index (χ3n) is 2.93. The van der Waals surface area contributed by atoms with Gasteiger partial charge in [0.2, 0.25) is 5.91 Å². The molecule has 0 saturated heterocycles. The normalized spacial score (nSPS) is 12.3. The van der Waals surface area contributed by atoms with Crippen molar-refractivity contribution in [3.63, 3.8) is 0 Å². The Hall–Kier alpha value is -1.36. The molecule has 5 heteroatoms. The van der Waals surface area contributed by atoms with Gasteiger partial charge in [0.25, 0.3) is 0 Å². The fourth-order valence-corrected chi connectivity index (χ4v) is 3.09. The predicted molar refractivity (Wildman–Crippen MR) is 86.0 cm³/mol. The summed E-state index contributed by atoms with van der Waals surface area (Å²) in [6.07, 6.45) is 1.99. The molecule has 0 fully saturated rings. The van der Waals surface area contributed by atoms with E-state index in [0.717, 1.165) is 12.2 Å². The summed E-state index contributed by atoms with van der Waals surface area (Å²) >= 11 is 0. The third kappa shape index (κ3) is 6.70. The van der Waals surface area contributed by atoms with Gasteiger partial charge in [-0.2, -0.15) is 0 Å². The summed E-state index contributed by atoms with van der Waals surface area (Å²) in [4.78, 5) is 11.7. The van der Waals surface area contributed by atoms with E-state index in [9.17, 15) is 9.00 Å². The molecule has 1 aromatic carbocycles. The van der Waals surface area contributed by atoms with Crippen LogP contribution in [-0.2, 0) is 15.6 Å². The topological polar surface area (TPSA) is 72.2 Å². The van der Waals surface area contributed by atoms with Crippen molar-refractivity contribution >= 4 is 28.1 Å². The van der Waals surface area contributed by atoms with Gasteiger partial charge in [-0.3, -0.25) is 9.00 Å². The lowest BCUT2D eigenvalue weighted by Gasteiger charge is -2.08. The molecule has 0 aromatic heterocycles. The van der Waals surface area contributed by atoms with Crippen molar-refractivity contribution in [1.82, 2.24) is 0 Å². The van der Waals surface area contributed by atoms with Crippen LogP contribution in [-0.4, -0.2) is 21.6 Å². The molecule has 0 aliphatic rings. The van der Waals surface area contributed by atoms with Gasteiger partial charge in [-0.05, 0) is 30.9 Å². The summed E-state index contributed by atoms with van der Waals surface area (Å²) in [6.45, 7) is 4.24. The molecular weight excluding hydrogens is 272 g/mol. The lowest BCUT2D eigenvalue weighted by molar-refractivity contribution is -0.116. The van der Waals surface area contributed by atoms with E-state index < -0.39 is 10.8 Å². The standard InChI is InChI=1S/C15H24N2O2S/c1-12(2)9-11-20(19)10-5-8-15(18)17-14-7-4-3-6-13(14)16/h3-4,6-7,12H,5,8-11,16H2,1-2H3,(H,17,18). The smallest absolute Gasteiger partial charge is 0.224 e. The number of nitrogen functional groups attached to an aromatic ring is 1. The molecule has 1 rings (SSSR count). The van der Waals surface area contributed by atoms with Crippen molar-refractivity contribution in [2.45, 2.75) is 33.1 Å². The minimum atomic E-state index is -0.813. The maximum absolute atomic E-state index is 11.7. The minimum absolute atomic E-state index is 0.0799. The Morgan fingerprint density at radius 2 is 2.00 bits per heavy atom. The molecule has 1 unspecified atom stereocenters. The monoisotopic (exact) mass is 296 g/mol. The minimum Gasteiger partial charge on any atom is -0.397 e. The van der Waals surface area contributed by atoms with Crippen LogP contribution in [0.5, 0.6) is 0 Å². The highest BCUT2D eigenvalue weighted by Gasteiger charge is 2.07. The van der Waals surface area contributed by atoms with Crippen LogP contribution in [0, 0.1) is 5.92 Å². The molecule has 1 aromatic rings. The molecule has 0 aliphatic carbocycles. The quantitative estimate of drug-likeness (QED) is 0.725. The molecule has 1 atom stereocenters. The molecule has 0 heterocycles. The van der Waals surface area contributed by atoms with E-state index in [4.69, 9.17) is 5.73 Å². The van der Waals surface area contributed by atoms with Crippen molar-refractivity contribution in [2.24, 2.45) is 5.92 Å². The number of nitrogens with one attached hydrogen (secondary N) is 1. The van der Waals surface area contributed by atoms with E-state index in [1.54, 1.807) is 12.1 Å². The summed E-state index contributed by atoms with van der Waals surface area (Å²) in [5, 5.41) is 2.77. The van der Waals surface area contributed by atoms with Crippen molar-refractivity contribution in [3.8, 4) is 0 Å². The highest BCUT2D eigenvalue weighted by molar-refractivity contribution is 7.84. The largest absolute Gasteiger partial charge is 0.397 e. The van der Waals surface area contributed by atoms with Crippen molar-refractivity contribution in [3.05, 3.63) is 24.3 Å². The Balaban J connectivity index is 2.24. The van der Waals surface area contributed by atoms with E-state index >= 15 is 0 Å². The number of amides is 1. The number of para-hydroxylation sites is 2. The van der Waals surface area contributed by atoms with Crippen LogP contribution in [0.2, 0.25) is 0 Å². The fraction of sp³-hybridized carbons (Fsp3) is 0.533. The lowest BCUT2D eigenvalue weighted by Crippen LogP contribution is -2.14. The van der Waals surface area contributed by atoms with Crippen molar-refractivity contribution in [2.75, 3.05) is 22.6 Å². The molecule has 4 nitrogen and oxygen atoms in total. The molecule has 20 heavy (non-hydrogen) atoms. The van der Waals surface area contributed by atoms with Crippen LogP contribution >= 0.6 is 0 Å². The average molecular weight is 296 g/mol. The van der Waals surface area contributed by atoms with Gasteiger partial charge < -0.3 is 11.1 Å². The molecule has 0 aliphatic heterocycles. The van der Waals surface area contributed by atoms with Gasteiger partial charge in [-0.1, -0.05) is 26.0 Å². The molecule has 3 N–H and O–H groups in total. The molecule has 0 bridgehead atoms. The Bertz CT molecular complexity index is 461. The van der Waals surface area contributed by atoms with Crippen LogP contribution in [0.1, 0.15) is 33.1 Å². The first-order valence-electron chi connectivity index (χ1n) is 6.98. The predicted octanol–water partition coefficient (Wildman–Crippen LogP) is 2.78. The average Bonchev–Trinajstić information content (AvgIpc) is 2.39. The number of benzene rings is 1. The molecule has 0 radical (unpaired) electrons. The molecular formula is C15H24N2O2S. The van der Waals surface area contributed by atoms with Crippen LogP contribution in [0.15, 0.2) is 24.3 Å². The Kier molecular flexibility index (Phi) is 7.30. The molecule has 0 spiro atoms. The van der Waals surface area contributed by atoms with Crippen LogP contribution in [0.4, 0.5) is 11.4 Å². The fourth-order valence-electron chi connectivity index (χ4n) is 1.69. The molecule has 112 valence electrons. The maximum atomic E-state index is 11.7. The first-order valence-corrected chi connectivity index (χ1v) is 8.47. The SMILES string of the molecule is CC(C)CCS(=O)CCCC(=O)Nc1ccccc1N. The highest BCUT2D eigenvalue weighted by atomic mass is 32.2. The zero-order valence-corrected chi connectivity index (χ0v) is 13.0. The van der Waals surface area contributed by atoms with Gasteiger partial charge >= 0.3 is 0 Å². The van der Waals surface area contributed by atoms with Crippen LogP contribution in [0.3, 0.4) is 0 Å². The number of carbonyl (C=O) groups excluding carboxylic acids is 1. The lowest BCUT2D eigenvalue weighted by atomic mass is 10.2. The van der Waals surface area contributed by atoms with E-state index in [2.05, 4.69) is 19.2 Å². The summed E-state index contributed by atoms with van der Waals surface area (Å²) in [5.41, 5.74) is 6.94. The zero-order chi connectivity index (χ0) is 15.0. The van der Waals surface area contributed by atoms with Gasteiger partial charge in [-0.15, -0.1) is 0 Å². The summed E-state index contributed by atoms with van der Waals surface area (Å²) in [6, 6.07) is 7.17. The van der Waals surface area contributed by atoms with Crippen molar-refractivity contribution < 1.29 is 9.00 Å². The van der Waals surface area contributed by atoms with Gasteiger partial charge in [0.15, 0.2) is 0 Å². The number of carbonyl (C=O) groups is 1. The van der Waals surface area contributed by atoms with Crippen LogP contribution in [0.25, 0.3) is 0 Å². The second kappa shape index (κ2) is 8.74. The Morgan fingerprint density at radius 3 is 2.65 bits per heavy atom. The Morgan fingerprint density at radius 1 is 1.30 bits per heavy atom. The van der Waals surface area contributed by atoms with Gasteiger partial charge in [0.1, 0.15) is 0 Å². The number of nitrogens with two attached hydrogens (primary N) is 1. The highest BCUT2D eigenvalue weighted by Crippen LogP contribution is 2.17. The first kappa shape index (κ1) is 16.7. The third-order valence-corrected chi connectivity index (χ3v) is 4.37. The van der Waals surface area contributed by atoms with Gasteiger partial charge in [0, 0.05) is 28.7 Å². The Labute approximate surface area is 123 Å². The van der Waals surface area contributed by atoms with Crippen LogP contribution < -0.4 is 11.1 Å². The number of anilines is 2. The van der Waals surface area contributed by atoms with E-state index in [1.165, 1.54) is 0 Å². The van der Waals surface area contributed by atoms with Crippen molar-refractivity contribution in [1.29, 1.82) is 0 Å². The first-order chi connectivity index (χ1) is 9.49. The number of hydrogen-bond acceptors (Lipinski definition) is 3. The maximum Gasteiger partial charge on any atom is 0.224 e.